The highest BCUT2D eigenvalue weighted by Crippen LogP contribution is 2.27. The number of hydrogen-bond acceptors (Lipinski definition) is 5. The van der Waals surface area contributed by atoms with Gasteiger partial charge in [-0.2, -0.15) is 0 Å². The first-order valence-corrected chi connectivity index (χ1v) is 7.79. The van der Waals surface area contributed by atoms with Crippen LogP contribution in [0.2, 0.25) is 0 Å². The van der Waals surface area contributed by atoms with E-state index in [1.165, 1.54) is 6.42 Å². The first-order valence-electron chi connectivity index (χ1n) is 7.79. The van der Waals surface area contributed by atoms with Crippen molar-refractivity contribution < 1.29 is 13.9 Å². The summed E-state index contributed by atoms with van der Waals surface area (Å²) in [6.45, 7) is 6.84. The number of anilines is 1. The second kappa shape index (κ2) is 6.50. The van der Waals surface area contributed by atoms with Crippen LogP contribution in [-0.4, -0.2) is 26.3 Å². The van der Waals surface area contributed by atoms with Crippen molar-refractivity contribution in [3.05, 3.63) is 40.2 Å². The molecule has 118 valence electrons. The molecule has 1 saturated heterocycles. The lowest BCUT2D eigenvalue weighted by atomic mass is 10.1. The maximum atomic E-state index is 12.2. The van der Waals surface area contributed by atoms with Crippen LogP contribution in [-0.2, 0) is 9.47 Å². The summed E-state index contributed by atoms with van der Waals surface area (Å²) >= 11 is 0. The fraction of sp³-hybridized carbons (Fsp3) is 0.471. The lowest BCUT2D eigenvalue weighted by Gasteiger charge is -2.33. The molecule has 0 bridgehead atoms. The second-order valence-corrected chi connectivity index (χ2v) is 5.29. The molecular formula is C17H21NO4. The van der Waals surface area contributed by atoms with Crippen LogP contribution < -0.4 is 10.5 Å². The minimum atomic E-state index is -0.677. The molecule has 0 unspecified atom stereocenters. The standard InChI is InChI=1S/C17H21NO4/c1-3-20-17(21-4-2)14-11-12-10-13(18-8-5-9-18)6-7-15(12)22-16(14)19/h6-7,10-11,17H,3-5,8-9H2,1-2H3. The molecule has 1 aromatic heterocycles. The molecule has 0 amide bonds. The third-order valence-electron chi connectivity index (χ3n) is 3.85. The first-order chi connectivity index (χ1) is 10.7. The summed E-state index contributed by atoms with van der Waals surface area (Å²) in [5.74, 6) is 0. The van der Waals surface area contributed by atoms with Crippen LogP contribution in [0.5, 0.6) is 0 Å². The van der Waals surface area contributed by atoms with Gasteiger partial charge in [-0.05, 0) is 44.5 Å². The molecule has 5 heteroatoms. The molecule has 0 radical (unpaired) electrons. The van der Waals surface area contributed by atoms with E-state index in [9.17, 15) is 4.79 Å². The Morgan fingerprint density at radius 3 is 2.50 bits per heavy atom. The van der Waals surface area contributed by atoms with E-state index in [2.05, 4.69) is 11.0 Å². The average Bonchev–Trinajstić information content (AvgIpc) is 2.45. The van der Waals surface area contributed by atoms with Crippen LogP contribution >= 0.6 is 0 Å². The Bertz CT molecular complexity index is 699. The molecule has 1 aliphatic rings. The van der Waals surface area contributed by atoms with Gasteiger partial charge in [-0.1, -0.05) is 0 Å². The summed E-state index contributed by atoms with van der Waals surface area (Å²) in [5, 5.41) is 0.892. The predicted octanol–water partition coefficient (Wildman–Crippen LogP) is 3.07. The van der Waals surface area contributed by atoms with Crippen molar-refractivity contribution in [3.8, 4) is 0 Å². The van der Waals surface area contributed by atoms with E-state index in [1.807, 2.05) is 32.0 Å². The Kier molecular flexibility index (Phi) is 4.45. The summed E-state index contributed by atoms with van der Waals surface area (Å²) < 4.78 is 16.4. The van der Waals surface area contributed by atoms with Gasteiger partial charge in [0, 0.05) is 37.4 Å². The molecule has 2 heterocycles. The van der Waals surface area contributed by atoms with E-state index in [4.69, 9.17) is 13.9 Å². The fourth-order valence-electron chi connectivity index (χ4n) is 2.59. The van der Waals surface area contributed by atoms with Crippen LogP contribution in [0.15, 0.2) is 33.5 Å². The van der Waals surface area contributed by atoms with Gasteiger partial charge >= 0.3 is 5.63 Å². The van der Waals surface area contributed by atoms with Gasteiger partial charge in [0.05, 0.1) is 5.56 Å². The minimum Gasteiger partial charge on any atom is -0.422 e. The number of benzene rings is 1. The Hall–Kier alpha value is -1.85. The molecule has 0 spiro atoms. The number of rotatable bonds is 6. The van der Waals surface area contributed by atoms with Gasteiger partial charge in [0.1, 0.15) is 5.58 Å². The zero-order chi connectivity index (χ0) is 15.5. The van der Waals surface area contributed by atoms with Gasteiger partial charge in [-0.15, -0.1) is 0 Å². The molecule has 1 aromatic carbocycles. The second-order valence-electron chi connectivity index (χ2n) is 5.29. The third kappa shape index (κ3) is 2.87. The minimum absolute atomic E-state index is 0.406. The fourth-order valence-corrected chi connectivity index (χ4v) is 2.59. The average molecular weight is 303 g/mol. The number of fused-ring (bicyclic) bond motifs is 1. The van der Waals surface area contributed by atoms with Crippen molar-refractivity contribution in [1.29, 1.82) is 0 Å². The van der Waals surface area contributed by atoms with E-state index >= 15 is 0 Å². The highest BCUT2D eigenvalue weighted by molar-refractivity contribution is 5.81. The van der Waals surface area contributed by atoms with Gasteiger partial charge in [0.15, 0.2) is 6.29 Å². The summed E-state index contributed by atoms with van der Waals surface area (Å²) in [6.07, 6.45) is 0.549. The smallest absolute Gasteiger partial charge is 0.344 e. The Morgan fingerprint density at radius 1 is 1.18 bits per heavy atom. The Morgan fingerprint density at radius 2 is 1.91 bits per heavy atom. The van der Waals surface area contributed by atoms with Crippen LogP contribution in [0.3, 0.4) is 0 Å². The molecule has 3 rings (SSSR count). The zero-order valence-corrected chi connectivity index (χ0v) is 13.0. The van der Waals surface area contributed by atoms with E-state index in [0.29, 0.717) is 24.4 Å². The van der Waals surface area contributed by atoms with Gasteiger partial charge in [-0.3, -0.25) is 0 Å². The van der Waals surface area contributed by atoms with Crippen molar-refractivity contribution in [1.82, 2.24) is 0 Å². The molecule has 0 atom stereocenters. The third-order valence-corrected chi connectivity index (χ3v) is 3.85. The maximum Gasteiger partial charge on any atom is 0.344 e. The van der Waals surface area contributed by atoms with Crippen molar-refractivity contribution >= 4 is 16.7 Å². The van der Waals surface area contributed by atoms with Crippen LogP contribution in [0.25, 0.3) is 11.0 Å². The lowest BCUT2D eigenvalue weighted by molar-refractivity contribution is -0.141. The van der Waals surface area contributed by atoms with Crippen LogP contribution in [0.1, 0.15) is 32.1 Å². The topological polar surface area (TPSA) is 51.9 Å². The first kappa shape index (κ1) is 15.1. The van der Waals surface area contributed by atoms with E-state index in [0.717, 1.165) is 24.2 Å². The Labute approximate surface area is 129 Å². The largest absolute Gasteiger partial charge is 0.422 e. The maximum absolute atomic E-state index is 12.2. The van der Waals surface area contributed by atoms with Gasteiger partial charge in [0.2, 0.25) is 0 Å². The van der Waals surface area contributed by atoms with Crippen molar-refractivity contribution in [2.24, 2.45) is 0 Å². The van der Waals surface area contributed by atoms with Crippen LogP contribution in [0.4, 0.5) is 5.69 Å². The summed E-state index contributed by atoms with van der Waals surface area (Å²) in [6, 6.07) is 7.72. The summed E-state index contributed by atoms with van der Waals surface area (Å²) in [5.41, 5.74) is 1.75. The monoisotopic (exact) mass is 303 g/mol. The van der Waals surface area contributed by atoms with E-state index in [1.54, 1.807) is 0 Å². The number of hydrogen-bond donors (Lipinski definition) is 0. The van der Waals surface area contributed by atoms with Crippen molar-refractivity contribution in [3.63, 3.8) is 0 Å². The molecule has 1 fully saturated rings. The Balaban J connectivity index is 2.01. The number of ether oxygens (including phenoxy) is 2. The normalized spacial score (nSPS) is 14.6. The van der Waals surface area contributed by atoms with Crippen LogP contribution in [0, 0.1) is 0 Å². The molecule has 5 nitrogen and oxygen atoms in total. The van der Waals surface area contributed by atoms with Crippen molar-refractivity contribution in [2.75, 3.05) is 31.2 Å². The van der Waals surface area contributed by atoms with Gasteiger partial charge < -0.3 is 18.8 Å². The molecule has 1 aliphatic heterocycles. The zero-order valence-electron chi connectivity index (χ0n) is 13.0. The molecule has 0 saturated carbocycles. The quantitative estimate of drug-likeness (QED) is 0.606. The summed E-state index contributed by atoms with van der Waals surface area (Å²) in [7, 11) is 0. The molecule has 22 heavy (non-hydrogen) atoms. The lowest BCUT2D eigenvalue weighted by Crippen LogP contribution is -2.36. The van der Waals surface area contributed by atoms with Crippen molar-refractivity contribution in [2.45, 2.75) is 26.6 Å². The van der Waals surface area contributed by atoms with Gasteiger partial charge in [-0.25, -0.2) is 4.79 Å². The molecule has 0 N–H and O–H groups in total. The molecular weight excluding hydrogens is 282 g/mol. The number of nitrogens with zero attached hydrogens (tertiary/aromatic N) is 1. The van der Waals surface area contributed by atoms with E-state index in [-0.39, 0.29) is 0 Å². The molecule has 0 aliphatic carbocycles. The summed E-state index contributed by atoms with van der Waals surface area (Å²) in [4.78, 5) is 14.5. The van der Waals surface area contributed by atoms with Gasteiger partial charge in [0.25, 0.3) is 0 Å². The predicted molar refractivity (Wildman–Crippen MR) is 85.3 cm³/mol. The SMILES string of the molecule is CCOC(OCC)c1cc2cc(N3CCC3)ccc2oc1=O. The van der Waals surface area contributed by atoms with E-state index < -0.39 is 11.9 Å². The highest BCUT2D eigenvalue weighted by atomic mass is 16.7. The highest BCUT2D eigenvalue weighted by Gasteiger charge is 2.19. The molecule has 2 aromatic rings.